The van der Waals surface area contributed by atoms with Crippen LogP contribution in [0.3, 0.4) is 0 Å². The lowest BCUT2D eigenvalue weighted by molar-refractivity contribution is -0.136. The topological polar surface area (TPSA) is 494 Å². The number of hydrazine groups is 1. The van der Waals surface area contributed by atoms with E-state index in [4.69, 9.17) is 34.5 Å². The van der Waals surface area contributed by atoms with Crippen molar-refractivity contribution >= 4 is 91.8 Å². The number of unbranched alkanes of at least 4 members (excludes halogenated alkanes) is 5. The number of aromatic amines is 3. The van der Waals surface area contributed by atoms with Gasteiger partial charge in [-0.2, -0.15) is 0 Å². The standard InChI is InChI=1S/C80H109N19O10/c1-50(100)90-62(34-14-19-39-81)72(101)91-64(36-16-21-41-83)74(103)95-68(45-54-48-88-60-32-12-9-29-57(54)60)77(106)97-67(44-53-47-87-59-31-11-8-28-56(53)59)76(105)93-63(35-15-20-40-82)73(102)92-65(37-17-22-42-84)75(104)96-69(46-55-49-89-61-33-13-10-30-58(55)61)78(107)98-71(80(109)94-66(79(108)99-86)38-18-23-43-85)70(51-24-4-2-5-25-51)52-26-6-3-7-27-52/h2-13,24-33,47-49,62-71,87-89H,14-23,34-46,81-86H2,1H3,(H,90,100)(H,91,101)(H,92,102)(H,93,105)(H,94,109)(H,95,103)(H,96,104)(H,97,106)(H,98,107)(H,99,108)/t62-,63-,64-,65-,66-,67-,68-,69-,71-/m0/s1. The summed E-state index contributed by atoms with van der Waals surface area (Å²) in [6, 6.07) is 28.5. The highest BCUT2D eigenvalue weighted by Crippen LogP contribution is 2.30. The van der Waals surface area contributed by atoms with Crippen LogP contribution in [-0.2, 0) is 67.2 Å². The number of rotatable bonds is 47. The second-order valence-electron chi connectivity index (χ2n) is 27.6. The van der Waals surface area contributed by atoms with Crippen molar-refractivity contribution in [2.24, 2.45) is 34.5 Å². The number of para-hydroxylation sites is 3. The molecule has 10 amide bonds. The van der Waals surface area contributed by atoms with E-state index in [1.807, 2.05) is 109 Å². The average molecular weight is 1500 g/mol. The first kappa shape index (κ1) is 83.8. The molecule has 584 valence electrons. The normalized spacial score (nSPS) is 13.9. The molecule has 0 radical (unpaired) electrons. The Labute approximate surface area is 635 Å². The average Bonchev–Trinajstić information content (AvgIpc) is 1.69. The zero-order valence-electron chi connectivity index (χ0n) is 62.0. The molecule has 0 fully saturated rings. The molecule has 8 rings (SSSR count). The zero-order valence-corrected chi connectivity index (χ0v) is 62.0. The molecule has 8 aromatic rings. The Hall–Kier alpha value is -10.8. The lowest BCUT2D eigenvalue weighted by atomic mass is 9.84. The van der Waals surface area contributed by atoms with Crippen LogP contribution in [0.1, 0.15) is 137 Å². The third kappa shape index (κ3) is 24.9. The molecule has 3 aromatic heterocycles. The van der Waals surface area contributed by atoms with Gasteiger partial charge in [0, 0.05) is 83.4 Å². The van der Waals surface area contributed by atoms with Gasteiger partial charge in [0.1, 0.15) is 54.4 Å². The van der Waals surface area contributed by atoms with E-state index in [0.717, 1.165) is 32.7 Å². The molecule has 0 aliphatic carbocycles. The van der Waals surface area contributed by atoms with Crippen molar-refractivity contribution in [3.05, 3.63) is 180 Å². The van der Waals surface area contributed by atoms with Crippen molar-refractivity contribution in [3.8, 4) is 0 Å². The molecule has 9 atom stereocenters. The number of amides is 10. The summed E-state index contributed by atoms with van der Waals surface area (Å²) >= 11 is 0. The molecule has 0 bridgehead atoms. The number of benzene rings is 5. The molecule has 0 aliphatic rings. The monoisotopic (exact) mass is 1500 g/mol. The maximum absolute atomic E-state index is 15.7. The molecule has 0 saturated carbocycles. The Morgan fingerprint density at radius 1 is 0.303 bits per heavy atom. The van der Waals surface area contributed by atoms with Gasteiger partial charge in [-0.05, 0) is 175 Å². The minimum Gasteiger partial charge on any atom is -0.361 e. The van der Waals surface area contributed by atoms with Crippen molar-refractivity contribution < 1.29 is 47.9 Å². The lowest BCUT2D eigenvalue weighted by Crippen LogP contribution is -2.61. The van der Waals surface area contributed by atoms with Crippen LogP contribution in [0.15, 0.2) is 152 Å². The summed E-state index contributed by atoms with van der Waals surface area (Å²) in [4.78, 5) is 157. The number of nitrogens with two attached hydrogens (primary N) is 6. The number of fused-ring (bicyclic) bond motifs is 3. The first-order valence-corrected chi connectivity index (χ1v) is 37.8. The van der Waals surface area contributed by atoms with Gasteiger partial charge >= 0.3 is 0 Å². The molecule has 0 spiro atoms. The Kier molecular flexibility index (Phi) is 33.7. The molecule has 0 unspecified atom stereocenters. The number of aromatic nitrogens is 3. The van der Waals surface area contributed by atoms with E-state index < -0.39 is 119 Å². The fourth-order valence-electron chi connectivity index (χ4n) is 13.7. The maximum Gasteiger partial charge on any atom is 0.256 e. The fraction of sp³-hybridized carbons (Fsp3) is 0.425. The van der Waals surface area contributed by atoms with Crippen LogP contribution < -0.4 is 87.8 Å². The first-order chi connectivity index (χ1) is 52.9. The Balaban J connectivity index is 1.13. The van der Waals surface area contributed by atoms with Gasteiger partial charge < -0.3 is 91.5 Å². The second-order valence-corrected chi connectivity index (χ2v) is 27.6. The first-order valence-electron chi connectivity index (χ1n) is 37.8. The minimum atomic E-state index is -1.45. The van der Waals surface area contributed by atoms with Gasteiger partial charge in [0.15, 0.2) is 0 Å². The van der Waals surface area contributed by atoms with Gasteiger partial charge in [0.05, 0.1) is 0 Å². The molecule has 3 heterocycles. The van der Waals surface area contributed by atoms with E-state index >= 15 is 28.8 Å². The van der Waals surface area contributed by atoms with E-state index in [2.05, 4.69) is 68.2 Å². The van der Waals surface area contributed by atoms with Crippen LogP contribution in [-0.4, -0.2) is 161 Å². The van der Waals surface area contributed by atoms with Crippen molar-refractivity contribution in [1.82, 2.24) is 68.2 Å². The third-order valence-corrected chi connectivity index (χ3v) is 19.5. The van der Waals surface area contributed by atoms with Crippen LogP contribution in [0, 0.1) is 0 Å². The van der Waals surface area contributed by atoms with E-state index in [0.29, 0.717) is 112 Å². The van der Waals surface area contributed by atoms with Gasteiger partial charge in [-0.1, -0.05) is 115 Å². The Morgan fingerprint density at radius 3 is 0.862 bits per heavy atom. The molecule has 29 nitrogen and oxygen atoms in total. The summed E-state index contributed by atoms with van der Waals surface area (Å²) in [6.45, 7) is 2.75. The number of hydrogen-bond donors (Lipinski definition) is 19. The minimum absolute atomic E-state index is 0.00580. The van der Waals surface area contributed by atoms with Crippen molar-refractivity contribution in [2.75, 3.05) is 32.7 Å². The number of nitrogens with one attached hydrogen (secondary N) is 13. The largest absolute Gasteiger partial charge is 0.361 e. The van der Waals surface area contributed by atoms with Crippen LogP contribution in [0.4, 0.5) is 0 Å². The van der Waals surface area contributed by atoms with E-state index in [1.54, 1.807) is 42.9 Å². The second kappa shape index (κ2) is 43.9. The highest BCUT2D eigenvalue weighted by atomic mass is 16.2. The molecule has 5 aromatic carbocycles. The zero-order chi connectivity index (χ0) is 78.0. The fourth-order valence-corrected chi connectivity index (χ4v) is 13.7. The van der Waals surface area contributed by atoms with E-state index in [9.17, 15) is 19.2 Å². The van der Waals surface area contributed by atoms with Crippen molar-refractivity contribution in [3.63, 3.8) is 0 Å². The van der Waals surface area contributed by atoms with Gasteiger partial charge in [-0.3, -0.25) is 53.4 Å². The summed E-state index contributed by atoms with van der Waals surface area (Å²) in [5.41, 5.74) is 37.1. The quantitative estimate of drug-likeness (QED) is 0.0113. The summed E-state index contributed by atoms with van der Waals surface area (Å²) in [6.07, 6.45) is 9.84. The predicted molar refractivity (Wildman–Crippen MR) is 421 cm³/mol. The molecular weight excluding hydrogens is 1390 g/mol. The number of carbonyl (C=O) groups is 10. The number of carbonyl (C=O) groups excluding carboxylic acids is 10. The van der Waals surface area contributed by atoms with Crippen LogP contribution >= 0.6 is 0 Å². The Morgan fingerprint density at radius 2 is 0.560 bits per heavy atom. The Bertz CT molecular complexity index is 4220. The third-order valence-electron chi connectivity index (χ3n) is 19.5. The van der Waals surface area contributed by atoms with Gasteiger partial charge in [-0.15, -0.1) is 0 Å². The molecular formula is C80H109N19O10. The smallest absolute Gasteiger partial charge is 0.256 e. The van der Waals surface area contributed by atoms with E-state index in [1.165, 1.54) is 6.92 Å². The van der Waals surface area contributed by atoms with Gasteiger partial charge in [-0.25, -0.2) is 5.84 Å². The van der Waals surface area contributed by atoms with Gasteiger partial charge in [0.2, 0.25) is 53.2 Å². The SMILES string of the molecule is CC(=O)N[C@@H](CCCCN)C(=O)N[C@@H](CCCCN)C(=O)N[C@@H](Cc1c[nH]c2ccccc12)C(=O)N[C@@H](Cc1c[nH]c2ccccc12)C(=O)N[C@@H](CCCCN)C(=O)N[C@@H](CCCCN)C(=O)N[C@@H](Cc1c[nH]c2ccccc12)C(=O)N[C@H](C(=O)N[C@@H](CCCCN)C(=O)NN)C(c1ccccc1)c1ccccc1. The molecule has 109 heavy (non-hydrogen) atoms. The molecule has 25 N–H and O–H groups in total. The van der Waals surface area contributed by atoms with Gasteiger partial charge in [0.25, 0.3) is 5.91 Å². The predicted octanol–water partition coefficient (Wildman–Crippen LogP) is 3.01. The summed E-state index contributed by atoms with van der Waals surface area (Å²) in [7, 11) is 0. The van der Waals surface area contributed by atoms with Crippen molar-refractivity contribution in [1.29, 1.82) is 0 Å². The van der Waals surface area contributed by atoms with Crippen molar-refractivity contribution in [2.45, 2.75) is 183 Å². The van der Waals surface area contributed by atoms with Crippen LogP contribution in [0.2, 0.25) is 0 Å². The highest BCUT2D eigenvalue weighted by molar-refractivity contribution is 6.00. The molecule has 0 saturated heterocycles. The molecule has 0 aliphatic heterocycles. The summed E-state index contributed by atoms with van der Waals surface area (Å²) in [5.74, 6) is -2.34. The maximum atomic E-state index is 15.7. The van der Waals surface area contributed by atoms with Crippen LogP contribution in [0.5, 0.6) is 0 Å². The molecule has 29 heteroatoms. The summed E-state index contributed by atoms with van der Waals surface area (Å²) in [5, 5.41) is 28.3. The lowest BCUT2D eigenvalue weighted by Gasteiger charge is -2.31. The van der Waals surface area contributed by atoms with E-state index in [-0.39, 0.29) is 64.5 Å². The highest BCUT2D eigenvalue weighted by Gasteiger charge is 2.39. The van der Waals surface area contributed by atoms with Crippen LogP contribution in [0.25, 0.3) is 32.7 Å². The summed E-state index contributed by atoms with van der Waals surface area (Å²) < 4.78 is 0. The number of hydrogen-bond acceptors (Lipinski definition) is 16. The number of H-pyrrole nitrogens is 3.